The lowest BCUT2D eigenvalue weighted by Crippen LogP contribution is -2.46. The Morgan fingerprint density at radius 2 is 1.78 bits per heavy atom. The van der Waals surface area contributed by atoms with Crippen LogP contribution in [0.3, 0.4) is 0 Å². The van der Waals surface area contributed by atoms with E-state index in [4.69, 9.17) is 24.3 Å². The molecule has 1 fully saturated rings. The van der Waals surface area contributed by atoms with Gasteiger partial charge in [0.1, 0.15) is 11.3 Å². The lowest BCUT2D eigenvalue weighted by atomic mass is 10.1. The summed E-state index contributed by atoms with van der Waals surface area (Å²) in [7, 11) is 0. The van der Waals surface area contributed by atoms with Gasteiger partial charge >= 0.3 is 0 Å². The van der Waals surface area contributed by atoms with Crippen molar-refractivity contribution < 1.29 is 14.2 Å². The summed E-state index contributed by atoms with van der Waals surface area (Å²) in [5, 5.41) is 4.82. The Kier molecular flexibility index (Phi) is 6.34. The van der Waals surface area contributed by atoms with Crippen LogP contribution in [0.5, 0.6) is 17.2 Å². The lowest BCUT2D eigenvalue weighted by Gasteiger charge is -2.35. The Labute approximate surface area is 211 Å². The second-order valence-electron chi connectivity index (χ2n) is 9.29. The van der Waals surface area contributed by atoms with Crippen LogP contribution >= 0.6 is 0 Å². The van der Waals surface area contributed by atoms with Gasteiger partial charge in [-0.25, -0.2) is 9.50 Å². The summed E-state index contributed by atoms with van der Waals surface area (Å²) < 4.78 is 18.7. The van der Waals surface area contributed by atoms with Crippen molar-refractivity contribution >= 4 is 11.3 Å². The second kappa shape index (κ2) is 10.1. The van der Waals surface area contributed by atoms with Crippen LogP contribution in [0, 0.1) is 0 Å². The average molecular weight is 486 g/mol. The number of anilines is 1. The van der Waals surface area contributed by atoms with E-state index in [1.54, 1.807) is 0 Å². The number of unbranched alkanes of at least 4 members (excludes halogenated alkanes) is 1. The van der Waals surface area contributed by atoms with Crippen molar-refractivity contribution in [2.45, 2.75) is 26.3 Å². The first-order chi connectivity index (χ1) is 17.8. The van der Waals surface area contributed by atoms with Crippen LogP contribution in [-0.2, 0) is 6.54 Å². The van der Waals surface area contributed by atoms with Crippen molar-refractivity contribution in [2.24, 2.45) is 0 Å². The van der Waals surface area contributed by atoms with Crippen molar-refractivity contribution in [1.82, 2.24) is 19.5 Å². The number of aromatic nitrogens is 3. The molecule has 2 aromatic heterocycles. The number of nitrogens with zero attached hydrogens (tertiary/aromatic N) is 5. The first kappa shape index (κ1) is 22.7. The summed E-state index contributed by atoms with van der Waals surface area (Å²) >= 11 is 0. The van der Waals surface area contributed by atoms with E-state index in [0.29, 0.717) is 6.79 Å². The Morgan fingerprint density at radius 3 is 2.61 bits per heavy atom. The van der Waals surface area contributed by atoms with E-state index in [1.807, 2.05) is 35.1 Å². The van der Waals surface area contributed by atoms with Crippen LogP contribution < -0.4 is 19.1 Å². The average Bonchev–Trinajstić information content (AvgIpc) is 3.56. The van der Waals surface area contributed by atoms with Gasteiger partial charge < -0.3 is 19.1 Å². The molecule has 2 aliphatic heterocycles. The van der Waals surface area contributed by atoms with Gasteiger partial charge in [-0.1, -0.05) is 19.4 Å². The van der Waals surface area contributed by atoms with Crippen molar-refractivity contribution in [2.75, 3.05) is 44.5 Å². The number of piperazine rings is 1. The summed E-state index contributed by atoms with van der Waals surface area (Å²) in [6.45, 7) is 7.91. The van der Waals surface area contributed by atoms with E-state index in [2.05, 4.69) is 47.1 Å². The third-order valence-corrected chi connectivity index (χ3v) is 6.80. The summed E-state index contributed by atoms with van der Waals surface area (Å²) in [6.07, 6.45) is 5.95. The molecule has 0 atom stereocenters. The molecule has 186 valence electrons. The smallest absolute Gasteiger partial charge is 0.231 e. The van der Waals surface area contributed by atoms with Crippen LogP contribution in [0.25, 0.3) is 16.8 Å². The molecule has 2 aromatic carbocycles. The summed E-state index contributed by atoms with van der Waals surface area (Å²) in [5.41, 5.74) is 4.28. The maximum atomic E-state index is 5.80. The monoisotopic (exact) mass is 485 g/mol. The highest BCUT2D eigenvalue weighted by atomic mass is 16.7. The molecule has 4 aromatic rings. The predicted molar refractivity (Wildman–Crippen MR) is 139 cm³/mol. The van der Waals surface area contributed by atoms with Gasteiger partial charge in [-0.15, -0.1) is 0 Å². The van der Waals surface area contributed by atoms with Crippen LogP contribution in [-0.4, -0.2) is 59.1 Å². The van der Waals surface area contributed by atoms with Gasteiger partial charge in [0.2, 0.25) is 6.79 Å². The summed E-state index contributed by atoms with van der Waals surface area (Å²) in [5.74, 6) is 3.56. The molecule has 6 rings (SSSR count). The van der Waals surface area contributed by atoms with Crippen molar-refractivity contribution in [1.29, 1.82) is 0 Å². The zero-order chi connectivity index (χ0) is 24.3. The minimum absolute atomic E-state index is 0.311. The van der Waals surface area contributed by atoms with Crippen LogP contribution in [0.15, 0.2) is 60.9 Å². The molecule has 0 unspecified atom stereocenters. The molecule has 0 saturated carbocycles. The number of hydrogen-bond donors (Lipinski definition) is 0. The molecule has 8 nitrogen and oxygen atoms in total. The Bertz CT molecular complexity index is 1330. The largest absolute Gasteiger partial charge is 0.494 e. The van der Waals surface area contributed by atoms with Crippen LogP contribution in [0.1, 0.15) is 25.3 Å². The lowest BCUT2D eigenvalue weighted by molar-refractivity contribution is 0.174. The molecule has 0 radical (unpaired) electrons. The number of ether oxygens (including phenoxy) is 3. The first-order valence-electron chi connectivity index (χ1n) is 12.7. The zero-order valence-corrected chi connectivity index (χ0v) is 20.6. The van der Waals surface area contributed by atoms with Crippen LogP contribution in [0.2, 0.25) is 0 Å². The van der Waals surface area contributed by atoms with Gasteiger partial charge in [-0.05, 0) is 54.4 Å². The first-order valence-corrected chi connectivity index (χ1v) is 12.7. The molecule has 4 heterocycles. The molecule has 0 spiro atoms. The minimum Gasteiger partial charge on any atom is -0.494 e. The van der Waals surface area contributed by atoms with Gasteiger partial charge in [0, 0.05) is 50.7 Å². The Morgan fingerprint density at radius 1 is 0.944 bits per heavy atom. The van der Waals surface area contributed by atoms with Gasteiger partial charge in [0.05, 0.1) is 12.3 Å². The molecular formula is C28H31N5O3. The molecule has 1 saturated heterocycles. The molecule has 2 aliphatic rings. The predicted octanol–water partition coefficient (Wildman–Crippen LogP) is 4.63. The fourth-order valence-electron chi connectivity index (χ4n) is 4.76. The van der Waals surface area contributed by atoms with Gasteiger partial charge in [-0.2, -0.15) is 5.10 Å². The molecule has 0 N–H and O–H groups in total. The van der Waals surface area contributed by atoms with Crippen molar-refractivity contribution in [3.63, 3.8) is 0 Å². The fourth-order valence-corrected chi connectivity index (χ4v) is 4.76. The standard InChI is InChI=1S/C28H31N5O3/c1-2-3-16-34-23-7-5-22(6-8-23)24-18-25-28(29-10-11-33(25)30-24)32-14-12-31(13-15-32)19-21-4-9-26-27(17-21)36-20-35-26/h4-11,17-18H,2-3,12-16,19-20H2,1H3. The minimum atomic E-state index is 0.311. The Balaban J connectivity index is 1.13. The maximum Gasteiger partial charge on any atom is 0.231 e. The summed E-state index contributed by atoms with van der Waals surface area (Å²) in [6, 6.07) is 16.5. The maximum absolute atomic E-state index is 5.80. The topological polar surface area (TPSA) is 64.4 Å². The highest BCUT2D eigenvalue weighted by Gasteiger charge is 2.22. The number of benzene rings is 2. The second-order valence-corrected chi connectivity index (χ2v) is 9.29. The van der Waals surface area contributed by atoms with E-state index >= 15 is 0 Å². The van der Waals surface area contributed by atoms with E-state index in [1.165, 1.54) is 5.56 Å². The number of hydrogen-bond acceptors (Lipinski definition) is 7. The van der Waals surface area contributed by atoms with Crippen LogP contribution in [0.4, 0.5) is 5.82 Å². The fraction of sp³-hybridized carbons (Fsp3) is 0.357. The van der Waals surface area contributed by atoms with E-state index in [-0.39, 0.29) is 0 Å². The molecule has 36 heavy (non-hydrogen) atoms. The molecule has 0 aliphatic carbocycles. The number of rotatable bonds is 8. The van der Waals surface area contributed by atoms with E-state index in [0.717, 1.165) is 92.0 Å². The number of fused-ring (bicyclic) bond motifs is 2. The van der Waals surface area contributed by atoms with E-state index < -0.39 is 0 Å². The molecule has 8 heteroatoms. The highest BCUT2D eigenvalue weighted by Crippen LogP contribution is 2.33. The van der Waals surface area contributed by atoms with E-state index in [9.17, 15) is 0 Å². The summed E-state index contributed by atoms with van der Waals surface area (Å²) in [4.78, 5) is 9.57. The molecular weight excluding hydrogens is 454 g/mol. The quantitative estimate of drug-likeness (QED) is 0.337. The Hall–Kier alpha value is -3.78. The van der Waals surface area contributed by atoms with Gasteiger partial charge in [-0.3, -0.25) is 4.90 Å². The third-order valence-electron chi connectivity index (χ3n) is 6.80. The van der Waals surface area contributed by atoms with Gasteiger partial charge in [0.25, 0.3) is 0 Å². The highest BCUT2D eigenvalue weighted by molar-refractivity contribution is 5.75. The van der Waals surface area contributed by atoms with Gasteiger partial charge in [0.15, 0.2) is 17.3 Å². The molecule has 0 amide bonds. The van der Waals surface area contributed by atoms with Crippen molar-refractivity contribution in [3.8, 4) is 28.5 Å². The normalized spacial score (nSPS) is 15.5. The zero-order valence-electron chi connectivity index (χ0n) is 20.6. The third kappa shape index (κ3) is 4.68. The molecule has 0 bridgehead atoms. The SMILES string of the molecule is CCCCOc1ccc(-c2cc3c(N4CCN(Cc5ccc6c(c5)OCO6)CC4)nccn3n2)cc1. The van der Waals surface area contributed by atoms with Crippen molar-refractivity contribution in [3.05, 3.63) is 66.5 Å².